The number of para-hydroxylation sites is 2. The summed E-state index contributed by atoms with van der Waals surface area (Å²) in [4.78, 5) is 26.9. The zero-order valence-electron chi connectivity index (χ0n) is 13.8. The molecule has 0 atom stereocenters. The third-order valence-electron chi connectivity index (χ3n) is 3.94. The van der Waals surface area contributed by atoms with E-state index in [4.69, 9.17) is 0 Å². The highest BCUT2D eigenvalue weighted by molar-refractivity contribution is 5.97. The highest BCUT2D eigenvalue weighted by Crippen LogP contribution is 2.11. The van der Waals surface area contributed by atoms with Crippen LogP contribution >= 0.6 is 0 Å². The molecular formula is C19H18FN3O2. The van der Waals surface area contributed by atoms with Crippen LogP contribution in [-0.4, -0.2) is 22.0 Å². The molecule has 3 rings (SSSR count). The van der Waals surface area contributed by atoms with Crippen molar-refractivity contribution in [2.24, 2.45) is 0 Å². The van der Waals surface area contributed by atoms with Gasteiger partial charge < -0.3 is 10.3 Å². The number of nitrogens with one attached hydrogen (secondary N) is 2. The Bertz CT molecular complexity index is 1000. The number of fused-ring (bicyclic) bond motifs is 1. The molecule has 0 aliphatic carbocycles. The molecule has 128 valence electrons. The van der Waals surface area contributed by atoms with E-state index in [9.17, 15) is 14.0 Å². The highest BCUT2D eigenvalue weighted by Gasteiger charge is 2.08. The molecule has 0 saturated heterocycles. The van der Waals surface area contributed by atoms with Gasteiger partial charge in [-0.2, -0.15) is 0 Å². The first kappa shape index (κ1) is 16.7. The third-order valence-corrected chi connectivity index (χ3v) is 3.94. The van der Waals surface area contributed by atoms with E-state index in [2.05, 4.69) is 10.3 Å². The lowest BCUT2D eigenvalue weighted by Crippen LogP contribution is -2.30. The summed E-state index contributed by atoms with van der Waals surface area (Å²) in [6.07, 6.45) is 1.50. The number of halogens is 1. The second-order valence-electron chi connectivity index (χ2n) is 5.70. The second kappa shape index (κ2) is 7.17. The Hall–Kier alpha value is -3.15. The molecular weight excluding hydrogens is 321 g/mol. The normalized spacial score (nSPS) is 11.7. The molecule has 1 amide bonds. The zero-order valence-corrected chi connectivity index (χ0v) is 13.8. The number of carbonyl (C=O) groups is 1. The lowest BCUT2D eigenvalue weighted by Gasteiger charge is -2.07. The van der Waals surface area contributed by atoms with E-state index >= 15 is 0 Å². The lowest BCUT2D eigenvalue weighted by molar-refractivity contribution is -0.117. The number of hydrogen-bond donors (Lipinski definition) is 2. The van der Waals surface area contributed by atoms with Crippen molar-refractivity contribution >= 4 is 23.0 Å². The van der Waals surface area contributed by atoms with Crippen LogP contribution in [0.15, 0.2) is 58.9 Å². The molecule has 0 unspecified atom stereocenters. The molecule has 0 saturated carbocycles. The molecule has 25 heavy (non-hydrogen) atoms. The van der Waals surface area contributed by atoms with Crippen molar-refractivity contribution in [2.75, 3.05) is 6.54 Å². The number of nitrogens with zero attached hydrogens (tertiary/aromatic N) is 1. The first-order chi connectivity index (χ1) is 12.1. The van der Waals surface area contributed by atoms with Gasteiger partial charge in [0.15, 0.2) is 0 Å². The van der Waals surface area contributed by atoms with Crippen LogP contribution in [0.5, 0.6) is 0 Å². The summed E-state index contributed by atoms with van der Waals surface area (Å²) in [6, 6.07) is 13.6. The Kier molecular flexibility index (Phi) is 4.79. The van der Waals surface area contributed by atoms with Crippen molar-refractivity contribution in [2.45, 2.75) is 13.5 Å². The van der Waals surface area contributed by atoms with Crippen molar-refractivity contribution in [1.29, 1.82) is 0 Å². The minimum atomic E-state index is -0.375. The van der Waals surface area contributed by atoms with Crippen LogP contribution in [-0.2, 0) is 11.3 Å². The molecule has 0 aliphatic heterocycles. The number of imidazole rings is 1. The number of H-pyrrole nitrogens is 1. The van der Waals surface area contributed by atoms with Gasteiger partial charge in [0, 0.05) is 24.2 Å². The average Bonchev–Trinajstić information content (AvgIpc) is 2.92. The summed E-state index contributed by atoms with van der Waals surface area (Å²) in [7, 11) is 0. The summed E-state index contributed by atoms with van der Waals surface area (Å²) in [6.45, 7) is 2.27. The topological polar surface area (TPSA) is 66.9 Å². The van der Waals surface area contributed by atoms with Crippen molar-refractivity contribution in [3.05, 3.63) is 76.0 Å². The largest absolute Gasteiger partial charge is 0.351 e. The summed E-state index contributed by atoms with van der Waals surface area (Å²) in [5.74, 6) is -0.670. The van der Waals surface area contributed by atoms with E-state index in [1.54, 1.807) is 29.7 Å². The summed E-state index contributed by atoms with van der Waals surface area (Å²) < 4.78 is 15.2. The Balaban J connectivity index is 1.65. The highest BCUT2D eigenvalue weighted by atomic mass is 19.1. The molecule has 1 heterocycles. The van der Waals surface area contributed by atoms with Crippen molar-refractivity contribution < 1.29 is 9.18 Å². The Morgan fingerprint density at radius 2 is 1.92 bits per heavy atom. The molecule has 0 aliphatic rings. The quantitative estimate of drug-likeness (QED) is 0.702. The fraction of sp³-hybridized carbons (Fsp3) is 0.158. The van der Waals surface area contributed by atoms with Gasteiger partial charge in [0.05, 0.1) is 11.0 Å². The smallest absolute Gasteiger partial charge is 0.326 e. The molecule has 3 aromatic rings. The van der Waals surface area contributed by atoms with Gasteiger partial charge in [0.1, 0.15) is 5.82 Å². The van der Waals surface area contributed by atoms with E-state index in [1.165, 1.54) is 12.1 Å². The minimum absolute atomic E-state index is 0.214. The lowest BCUT2D eigenvalue weighted by atomic mass is 10.1. The standard InChI is InChI=1S/C19H18FN3O2/c1-13(12-14-6-2-3-7-15(14)20)18(24)21-10-11-23-17-9-5-4-8-16(17)22-19(23)25/h2-9,12H,10-11H2,1H3,(H,21,24)(H,22,25)/b13-12+. The number of benzene rings is 2. The van der Waals surface area contributed by atoms with Crippen LogP contribution in [0.25, 0.3) is 17.1 Å². The Morgan fingerprint density at radius 3 is 2.72 bits per heavy atom. The predicted octanol–water partition coefficient (Wildman–Crippen LogP) is 2.69. The molecule has 1 aromatic heterocycles. The monoisotopic (exact) mass is 339 g/mol. The SMILES string of the molecule is C/C(=C\c1ccccc1F)C(=O)NCCn1c(=O)[nH]c2ccccc21. The number of amides is 1. The van der Waals surface area contributed by atoms with E-state index in [-0.39, 0.29) is 17.4 Å². The van der Waals surface area contributed by atoms with E-state index in [1.807, 2.05) is 24.3 Å². The molecule has 0 bridgehead atoms. The van der Waals surface area contributed by atoms with Gasteiger partial charge in [0.2, 0.25) is 5.91 Å². The molecule has 2 aromatic carbocycles. The van der Waals surface area contributed by atoms with Crippen LogP contribution in [0.4, 0.5) is 4.39 Å². The molecule has 6 heteroatoms. The van der Waals surface area contributed by atoms with Gasteiger partial charge in [-0.15, -0.1) is 0 Å². The summed E-state index contributed by atoms with van der Waals surface area (Å²) in [5.41, 5.74) is 2.10. The average molecular weight is 339 g/mol. The van der Waals surface area contributed by atoms with E-state index < -0.39 is 0 Å². The maximum Gasteiger partial charge on any atom is 0.326 e. The molecule has 0 spiro atoms. The first-order valence-corrected chi connectivity index (χ1v) is 7.95. The fourth-order valence-electron chi connectivity index (χ4n) is 2.64. The van der Waals surface area contributed by atoms with Crippen LogP contribution in [0.1, 0.15) is 12.5 Å². The number of hydrogen-bond acceptors (Lipinski definition) is 2. The summed E-state index contributed by atoms with van der Waals surface area (Å²) >= 11 is 0. The number of rotatable bonds is 5. The third kappa shape index (κ3) is 3.68. The van der Waals surface area contributed by atoms with Crippen LogP contribution in [0.2, 0.25) is 0 Å². The van der Waals surface area contributed by atoms with Crippen LogP contribution in [0, 0.1) is 5.82 Å². The molecule has 0 fully saturated rings. The van der Waals surface area contributed by atoms with Crippen molar-refractivity contribution in [3.8, 4) is 0 Å². The van der Waals surface area contributed by atoms with Gasteiger partial charge in [-0.1, -0.05) is 30.3 Å². The molecule has 5 nitrogen and oxygen atoms in total. The number of aromatic nitrogens is 2. The number of carbonyl (C=O) groups excluding carboxylic acids is 1. The molecule has 2 N–H and O–H groups in total. The maximum atomic E-state index is 13.6. The van der Waals surface area contributed by atoms with Gasteiger partial charge in [-0.25, -0.2) is 9.18 Å². The zero-order chi connectivity index (χ0) is 17.8. The fourth-order valence-corrected chi connectivity index (χ4v) is 2.64. The van der Waals surface area contributed by atoms with Gasteiger partial charge in [0.25, 0.3) is 0 Å². The maximum absolute atomic E-state index is 13.6. The number of aromatic amines is 1. The second-order valence-corrected chi connectivity index (χ2v) is 5.70. The van der Waals surface area contributed by atoms with E-state index in [0.717, 1.165) is 11.0 Å². The van der Waals surface area contributed by atoms with Gasteiger partial charge >= 0.3 is 5.69 Å². The van der Waals surface area contributed by atoms with E-state index in [0.29, 0.717) is 24.2 Å². The van der Waals surface area contributed by atoms with Crippen LogP contribution in [0.3, 0.4) is 0 Å². The van der Waals surface area contributed by atoms with Gasteiger partial charge in [-0.3, -0.25) is 9.36 Å². The molecule has 0 radical (unpaired) electrons. The Labute approximate surface area is 143 Å². The van der Waals surface area contributed by atoms with Crippen LogP contribution < -0.4 is 11.0 Å². The van der Waals surface area contributed by atoms with Crippen molar-refractivity contribution in [3.63, 3.8) is 0 Å². The predicted molar refractivity (Wildman–Crippen MR) is 95.6 cm³/mol. The van der Waals surface area contributed by atoms with Gasteiger partial charge in [-0.05, 0) is 31.2 Å². The Morgan fingerprint density at radius 1 is 1.20 bits per heavy atom. The first-order valence-electron chi connectivity index (χ1n) is 7.95. The van der Waals surface area contributed by atoms with Crippen molar-refractivity contribution in [1.82, 2.24) is 14.9 Å². The summed E-state index contributed by atoms with van der Waals surface area (Å²) in [5, 5.41) is 2.75. The minimum Gasteiger partial charge on any atom is -0.351 e.